The first-order valence-corrected chi connectivity index (χ1v) is 7.39. The summed E-state index contributed by atoms with van der Waals surface area (Å²) in [4.78, 5) is 11.9. The minimum atomic E-state index is -0.0232. The van der Waals surface area contributed by atoms with E-state index < -0.39 is 0 Å². The fourth-order valence-electron chi connectivity index (χ4n) is 2.12. The maximum atomic E-state index is 11.9. The number of nitrogen functional groups attached to an aromatic ring is 1. The van der Waals surface area contributed by atoms with E-state index in [0.717, 1.165) is 11.1 Å². The van der Waals surface area contributed by atoms with Crippen molar-refractivity contribution in [3.8, 4) is 0 Å². The van der Waals surface area contributed by atoms with Gasteiger partial charge in [0, 0.05) is 11.7 Å². The molecule has 23 heavy (non-hydrogen) atoms. The smallest absolute Gasteiger partial charge is 0.224 e. The third-order valence-electron chi connectivity index (χ3n) is 3.23. The average Bonchev–Trinajstić information content (AvgIpc) is 2.50. The lowest BCUT2D eigenvalue weighted by Crippen LogP contribution is -2.36. The Morgan fingerprint density at radius 3 is 2.39 bits per heavy atom. The molecular weight excluding hydrogens is 312 g/mol. The predicted molar refractivity (Wildman–Crippen MR) is 95.5 cm³/mol. The molecule has 0 heterocycles. The monoisotopic (exact) mass is 334 g/mol. The van der Waals surface area contributed by atoms with Gasteiger partial charge in [-0.25, -0.2) is 0 Å². The molecule has 0 saturated heterocycles. The van der Waals surface area contributed by atoms with Crippen LogP contribution in [0.4, 0.5) is 5.69 Å². The highest BCUT2D eigenvalue weighted by atomic mass is 35.5. The molecule has 3 N–H and O–H groups in total. The van der Waals surface area contributed by atoms with E-state index in [-0.39, 0.29) is 24.4 Å². The van der Waals surface area contributed by atoms with E-state index in [1.807, 2.05) is 49.4 Å². The summed E-state index contributed by atoms with van der Waals surface area (Å²) >= 11 is 0. The van der Waals surface area contributed by atoms with Crippen LogP contribution in [0, 0.1) is 0 Å². The zero-order valence-corrected chi connectivity index (χ0v) is 14.0. The molecule has 0 fully saturated rings. The lowest BCUT2D eigenvalue weighted by Gasteiger charge is -2.14. The van der Waals surface area contributed by atoms with E-state index in [4.69, 9.17) is 10.5 Å². The van der Waals surface area contributed by atoms with Gasteiger partial charge in [-0.1, -0.05) is 42.5 Å². The molecule has 124 valence electrons. The van der Waals surface area contributed by atoms with Gasteiger partial charge >= 0.3 is 0 Å². The van der Waals surface area contributed by atoms with Gasteiger partial charge in [-0.3, -0.25) is 4.79 Å². The molecule has 0 bridgehead atoms. The first-order chi connectivity index (χ1) is 10.6. The summed E-state index contributed by atoms with van der Waals surface area (Å²) in [6.07, 6.45) is 0.351. The van der Waals surface area contributed by atoms with E-state index in [1.54, 1.807) is 12.1 Å². The van der Waals surface area contributed by atoms with Gasteiger partial charge in [0.2, 0.25) is 5.91 Å². The Bertz CT molecular complexity index is 588. The first-order valence-electron chi connectivity index (χ1n) is 7.39. The van der Waals surface area contributed by atoms with Crippen LogP contribution in [-0.4, -0.2) is 18.6 Å². The van der Waals surface area contributed by atoms with Crippen molar-refractivity contribution >= 4 is 24.0 Å². The van der Waals surface area contributed by atoms with Crippen LogP contribution in [0.5, 0.6) is 0 Å². The molecular formula is C18H23ClN2O2. The average molecular weight is 335 g/mol. The fraction of sp³-hybridized carbons (Fsp3) is 0.278. The summed E-state index contributed by atoms with van der Waals surface area (Å²) in [5, 5.41) is 2.93. The Labute approximate surface area is 143 Å². The molecule has 0 radical (unpaired) electrons. The van der Waals surface area contributed by atoms with Gasteiger partial charge in [-0.2, -0.15) is 0 Å². The number of anilines is 1. The minimum absolute atomic E-state index is 0. The molecule has 2 aromatic carbocycles. The molecule has 0 aliphatic rings. The van der Waals surface area contributed by atoms with Gasteiger partial charge < -0.3 is 15.8 Å². The van der Waals surface area contributed by atoms with Crippen LogP contribution < -0.4 is 11.1 Å². The van der Waals surface area contributed by atoms with Crippen LogP contribution >= 0.6 is 12.4 Å². The SMILES string of the molecule is CC(COCc1ccccc1)NC(=O)Cc1ccc(N)cc1.Cl. The number of nitrogens with two attached hydrogens (primary N) is 1. The Hall–Kier alpha value is -2.04. The third kappa shape index (κ3) is 7.17. The minimum Gasteiger partial charge on any atom is -0.399 e. The molecule has 0 spiro atoms. The molecule has 0 saturated carbocycles. The van der Waals surface area contributed by atoms with Crippen molar-refractivity contribution in [2.24, 2.45) is 0 Å². The summed E-state index contributed by atoms with van der Waals surface area (Å²) in [6.45, 7) is 2.98. The number of hydrogen-bond donors (Lipinski definition) is 2. The lowest BCUT2D eigenvalue weighted by molar-refractivity contribution is -0.121. The molecule has 0 aliphatic heterocycles. The zero-order chi connectivity index (χ0) is 15.8. The number of nitrogens with one attached hydrogen (secondary N) is 1. The maximum Gasteiger partial charge on any atom is 0.224 e. The lowest BCUT2D eigenvalue weighted by atomic mass is 10.1. The van der Waals surface area contributed by atoms with Crippen molar-refractivity contribution in [3.63, 3.8) is 0 Å². The van der Waals surface area contributed by atoms with E-state index in [9.17, 15) is 4.79 Å². The first kappa shape index (κ1) is 19.0. The largest absolute Gasteiger partial charge is 0.399 e. The number of ether oxygens (including phenoxy) is 1. The van der Waals surface area contributed by atoms with Gasteiger partial charge in [0.1, 0.15) is 0 Å². The number of carbonyl (C=O) groups is 1. The number of carbonyl (C=O) groups excluding carboxylic acids is 1. The topological polar surface area (TPSA) is 64.3 Å². The van der Waals surface area contributed by atoms with Crippen molar-refractivity contribution in [1.29, 1.82) is 0 Å². The Kier molecular flexibility index (Phi) is 8.16. The van der Waals surface area contributed by atoms with E-state index >= 15 is 0 Å². The molecule has 1 atom stereocenters. The molecule has 0 aromatic heterocycles. The van der Waals surface area contributed by atoms with Crippen molar-refractivity contribution in [2.45, 2.75) is 26.0 Å². The van der Waals surface area contributed by atoms with Crippen LogP contribution in [0.2, 0.25) is 0 Å². The molecule has 1 amide bonds. The quantitative estimate of drug-likeness (QED) is 0.765. The second kappa shape index (κ2) is 9.87. The van der Waals surface area contributed by atoms with Crippen molar-refractivity contribution < 1.29 is 9.53 Å². The third-order valence-corrected chi connectivity index (χ3v) is 3.23. The van der Waals surface area contributed by atoms with Crippen LogP contribution in [-0.2, 0) is 22.6 Å². The van der Waals surface area contributed by atoms with Gasteiger partial charge in [0.25, 0.3) is 0 Å². The number of rotatable bonds is 7. The van der Waals surface area contributed by atoms with Gasteiger partial charge in [-0.15, -0.1) is 12.4 Å². The van der Waals surface area contributed by atoms with Crippen molar-refractivity contribution in [2.75, 3.05) is 12.3 Å². The summed E-state index contributed by atoms with van der Waals surface area (Å²) in [5.74, 6) is -0.0133. The van der Waals surface area contributed by atoms with Gasteiger partial charge in [-0.05, 0) is 30.2 Å². The molecule has 2 aromatic rings. The standard InChI is InChI=1S/C18H22N2O2.ClH/c1-14(12-22-13-16-5-3-2-4-6-16)20-18(21)11-15-7-9-17(19)10-8-15;/h2-10,14H,11-13,19H2,1H3,(H,20,21);1H. The van der Waals surface area contributed by atoms with Crippen LogP contribution in [0.25, 0.3) is 0 Å². The van der Waals surface area contributed by atoms with E-state index in [0.29, 0.717) is 25.3 Å². The van der Waals surface area contributed by atoms with Gasteiger partial charge in [0.05, 0.1) is 19.6 Å². The molecule has 0 aliphatic carbocycles. The molecule has 5 heteroatoms. The second-order valence-electron chi connectivity index (χ2n) is 5.39. The van der Waals surface area contributed by atoms with Crippen LogP contribution in [0.3, 0.4) is 0 Å². The number of halogens is 1. The van der Waals surface area contributed by atoms with Crippen molar-refractivity contribution in [3.05, 3.63) is 65.7 Å². The molecule has 4 nitrogen and oxygen atoms in total. The zero-order valence-electron chi connectivity index (χ0n) is 13.2. The van der Waals surface area contributed by atoms with Crippen LogP contribution in [0.1, 0.15) is 18.1 Å². The predicted octanol–water partition coefficient (Wildman–Crippen LogP) is 2.95. The number of benzene rings is 2. The fourth-order valence-corrected chi connectivity index (χ4v) is 2.12. The highest BCUT2D eigenvalue weighted by Gasteiger charge is 2.08. The van der Waals surface area contributed by atoms with Gasteiger partial charge in [0.15, 0.2) is 0 Å². The maximum absolute atomic E-state index is 11.9. The molecule has 1 unspecified atom stereocenters. The number of hydrogen-bond acceptors (Lipinski definition) is 3. The molecule has 2 rings (SSSR count). The van der Waals surface area contributed by atoms with E-state index in [1.165, 1.54) is 0 Å². The van der Waals surface area contributed by atoms with Crippen LogP contribution in [0.15, 0.2) is 54.6 Å². The summed E-state index contributed by atoms with van der Waals surface area (Å²) in [6, 6.07) is 17.3. The van der Waals surface area contributed by atoms with Crippen molar-refractivity contribution in [1.82, 2.24) is 5.32 Å². The Balaban J connectivity index is 0.00000264. The Morgan fingerprint density at radius 2 is 1.74 bits per heavy atom. The van der Waals surface area contributed by atoms with E-state index in [2.05, 4.69) is 5.32 Å². The summed E-state index contributed by atoms with van der Waals surface area (Å²) < 4.78 is 5.62. The summed E-state index contributed by atoms with van der Waals surface area (Å²) in [7, 11) is 0. The number of amides is 1. The second-order valence-corrected chi connectivity index (χ2v) is 5.39. The summed E-state index contributed by atoms with van der Waals surface area (Å²) in [5.41, 5.74) is 8.40. The Morgan fingerprint density at radius 1 is 1.09 bits per heavy atom. The highest BCUT2D eigenvalue weighted by molar-refractivity contribution is 5.85. The highest BCUT2D eigenvalue weighted by Crippen LogP contribution is 2.06. The normalized spacial score (nSPS) is 11.3.